The van der Waals surface area contributed by atoms with Crippen molar-refractivity contribution in [3.8, 4) is 0 Å². The summed E-state index contributed by atoms with van der Waals surface area (Å²) in [5.41, 5.74) is -0.248. The third-order valence-corrected chi connectivity index (χ3v) is 3.50. The topological polar surface area (TPSA) is 0 Å². The molecule has 0 nitrogen and oxygen atoms in total. The largest absolute Gasteiger partial charge is 0.412 e. The van der Waals surface area contributed by atoms with Gasteiger partial charge in [0.2, 0.25) is 0 Å². The van der Waals surface area contributed by atoms with Gasteiger partial charge in [0, 0.05) is 5.57 Å². The predicted octanol–water partition coefficient (Wildman–Crippen LogP) is 3.54. The van der Waals surface area contributed by atoms with Crippen LogP contribution in [-0.4, -0.2) is 6.18 Å². The molecule has 1 fully saturated rings. The average molecular weight is 190 g/mol. The first kappa shape index (κ1) is 9.10. The van der Waals surface area contributed by atoms with E-state index in [-0.39, 0.29) is 11.5 Å². The molecule has 0 aromatic heterocycles. The van der Waals surface area contributed by atoms with E-state index in [1.54, 1.807) is 0 Å². The highest BCUT2D eigenvalue weighted by Crippen LogP contribution is 2.52. The van der Waals surface area contributed by atoms with Crippen LogP contribution in [0.1, 0.15) is 26.2 Å². The van der Waals surface area contributed by atoms with E-state index in [1.807, 2.05) is 0 Å². The zero-order valence-electron chi connectivity index (χ0n) is 7.56. The van der Waals surface area contributed by atoms with Crippen LogP contribution >= 0.6 is 0 Å². The second-order valence-corrected chi connectivity index (χ2v) is 4.22. The van der Waals surface area contributed by atoms with Gasteiger partial charge in [0.15, 0.2) is 0 Å². The van der Waals surface area contributed by atoms with E-state index < -0.39 is 6.18 Å². The summed E-state index contributed by atoms with van der Waals surface area (Å²) in [5, 5.41) is 0. The Bertz CT molecular complexity index is 239. The highest BCUT2D eigenvalue weighted by Gasteiger charge is 2.48. The van der Waals surface area contributed by atoms with Gasteiger partial charge in [-0.3, -0.25) is 0 Å². The van der Waals surface area contributed by atoms with Crippen LogP contribution in [0.3, 0.4) is 0 Å². The zero-order valence-corrected chi connectivity index (χ0v) is 7.56. The molecule has 0 N–H and O–H groups in total. The van der Waals surface area contributed by atoms with Crippen molar-refractivity contribution in [2.45, 2.75) is 32.4 Å². The number of rotatable bonds is 0. The Hall–Kier alpha value is -0.470. The highest BCUT2D eigenvalue weighted by atomic mass is 19.4. The number of hydrogen-bond donors (Lipinski definition) is 0. The van der Waals surface area contributed by atoms with Gasteiger partial charge in [-0.2, -0.15) is 13.2 Å². The monoisotopic (exact) mass is 190 g/mol. The van der Waals surface area contributed by atoms with E-state index in [4.69, 9.17) is 0 Å². The second kappa shape index (κ2) is 2.76. The van der Waals surface area contributed by atoms with Crippen molar-refractivity contribution in [3.05, 3.63) is 11.6 Å². The summed E-state index contributed by atoms with van der Waals surface area (Å²) in [6.07, 6.45) is -0.343. The van der Waals surface area contributed by atoms with E-state index in [2.05, 4.69) is 6.92 Å². The number of halogens is 3. The van der Waals surface area contributed by atoms with Gasteiger partial charge in [0.25, 0.3) is 0 Å². The van der Waals surface area contributed by atoms with Crippen LogP contribution in [0.25, 0.3) is 0 Å². The summed E-state index contributed by atoms with van der Waals surface area (Å²) >= 11 is 0. The summed E-state index contributed by atoms with van der Waals surface area (Å²) in [4.78, 5) is 0. The van der Waals surface area contributed by atoms with Gasteiger partial charge in [-0.1, -0.05) is 13.0 Å². The molecule has 0 bridgehead atoms. The minimum atomic E-state index is -4.08. The Morgan fingerprint density at radius 2 is 2.00 bits per heavy atom. The Balaban J connectivity index is 2.21. The smallest absolute Gasteiger partial charge is 0.166 e. The molecule has 0 aliphatic heterocycles. The molecule has 0 radical (unpaired) electrons. The lowest BCUT2D eigenvalue weighted by atomic mass is 9.60. The van der Waals surface area contributed by atoms with Crippen molar-refractivity contribution in [2.24, 2.45) is 17.8 Å². The summed E-state index contributed by atoms with van der Waals surface area (Å²) in [6.45, 7) is 2.06. The molecule has 0 aromatic carbocycles. The Kier molecular flexibility index (Phi) is 1.93. The molecular weight excluding hydrogens is 177 g/mol. The van der Waals surface area contributed by atoms with Crippen molar-refractivity contribution in [2.75, 3.05) is 0 Å². The van der Waals surface area contributed by atoms with Crippen molar-refractivity contribution < 1.29 is 13.2 Å². The molecule has 2 rings (SSSR count). The lowest BCUT2D eigenvalue weighted by molar-refractivity contribution is -0.112. The van der Waals surface area contributed by atoms with E-state index in [1.165, 1.54) is 6.08 Å². The van der Waals surface area contributed by atoms with Gasteiger partial charge < -0.3 is 0 Å². The summed E-state index contributed by atoms with van der Waals surface area (Å²) < 4.78 is 37.4. The molecule has 0 spiro atoms. The first-order valence-electron chi connectivity index (χ1n) is 4.77. The highest BCUT2D eigenvalue weighted by molar-refractivity contribution is 5.21. The van der Waals surface area contributed by atoms with Crippen LogP contribution in [0, 0.1) is 17.8 Å². The lowest BCUT2D eigenvalue weighted by Crippen LogP contribution is -2.39. The molecule has 1 unspecified atom stereocenters. The third kappa shape index (κ3) is 1.38. The minimum absolute atomic E-state index is 0.177. The average Bonchev–Trinajstić information content (AvgIpc) is 1.90. The fourth-order valence-corrected chi connectivity index (χ4v) is 2.56. The predicted molar refractivity (Wildman–Crippen MR) is 44.1 cm³/mol. The van der Waals surface area contributed by atoms with Crippen LogP contribution in [-0.2, 0) is 0 Å². The van der Waals surface area contributed by atoms with Crippen molar-refractivity contribution in [1.82, 2.24) is 0 Å². The first-order chi connectivity index (χ1) is 6.00. The number of hydrogen-bond acceptors (Lipinski definition) is 0. The summed E-state index contributed by atoms with van der Waals surface area (Å²) in [5.74, 6) is 0.579. The van der Waals surface area contributed by atoms with Gasteiger partial charge >= 0.3 is 6.18 Å². The van der Waals surface area contributed by atoms with Crippen LogP contribution < -0.4 is 0 Å². The number of alkyl halides is 3. The van der Waals surface area contributed by atoms with Crippen molar-refractivity contribution in [3.63, 3.8) is 0 Å². The van der Waals surface area contributed by atoms with Gasteiger partial charge in [-0.15, -0.1) is 0 Å². The first-order valence-corrected chi connectivity index (χ1v) is 4.77. The number of allylic oxidation sites excluding steroid dienone is 2. The Morgan fingerprint density at radius 1 is 1.31 bits per heavy atom. The molecule has 0 aromatic rings. The molecule has 13 heavy (non-hydrogen) atoms. The molecule has 0 heterocycles. The third-order valence-electron chi connectivity index (χ3n) is 3.50. The lowest BCUT2D eigenvalue weighted by Gasteiger charge is -2.45. The van der Waals surface area contributed by atoms with Gasteiger partial charge in [0.1, 0.15) is 0 Å². The maximum atomic E-state index is 12.5. The van der Waals surface area contributed by atoms with Crippen LogP contribution in [0.15, 0.2) is 11.6 Å². The zero-order chi connectivity index (χ0) is 9.64. The molecule has 3 heteroatoms. The standard InChI is InChI=1S/C10H13F3/c1-6-2-5-9(10(11,12)13)8-4-3-7(6)8/h5-8H,2-4H2,1H3/t6-,7?,8+/m0/s1. The maximum Gasteiger partial charge on any atom is 0.412 e. The summed E-state index contributed by atoms with van der Waals surface area (Å²) in [6, 6.07) is 0. The quantitative estimate of drug-likeness (QED) is 0.512. The second-order valence-electron chi connectivity index (χ2n) is 4.22. The van der Waals surface area contributed by atoms with E-state index in [9.17, 15) is 13.2 Å². The van der Waals surface area contributed by atoms with Crippen LogP contribution in [0.2, 0.25) is 0 Å². The fraction of sp³-hybridized carbons (Fsp3) is 0.800. The van der Waals surface area contributed by atoms with Crippen molar-refractivity contribution >= 4 is 0 Å². The van der Waals surface area contributed by atoms with Gasteiger partial charge in [0.05, 0.1) is 0 Å². The molecule has 1 saturated carbocycles. The van der Waals surface area contributed by atoms with Gasteiger partial charge in [-0.05, 0) is 37.0 Å². The molecule has 2 aliphatic rings. The Morgan fingerprint density at radius 3 is 2.46 bits per heavy atom. The fourth-order valence-electron chi connectivity index (χ4n) is 2.56. The molecule has 3 atom stereocenters. The van der Waals surface area contributed by atoms with Crippen molar-refractivity contribution in [1.29, 1.82) is 0 Å². The molecular formula is C10H13F3. The van der Waals surface area contributed by atoms with Crippen LogP contribution in [0.5, 0.6) is 0 Å². The molecule has 0 saturated heterocycles. The molecule has 0 amide bonds. The normalized spacial score (nSPS) is 39.1. The Labute approximate surface area is 75.8 Å². The van der Waals surface area contributed by atoms with E-state index >= 15 is 0 Å². The van der Waals surface area contributed by atoms with Crippen LogP contribution in [0.4, 0.5) is 13.2 Å². The number of fused-ring (bicyclic) bond motifs is 1. The minimum Gasteiger partial charge on any atom is -0.166 e. The maximum absolute atomic E-state index is 12.5. The molecule has 74 valence electrons. The SMILES string of the molecule is C[C@H]1CC=C(C(F)(F)F)[C@@H]2CCC12. The van der Waals surface area contributed by atoms with E-state index in [0.29, 0.717) is 18.3 Å². The molecule has 2 aliphatic carbocycles. The summed E-state index contributed by atoms with van der Waals surface area (Å²) in [7, 11) is 0. The van der Waals surface area contributed by atoms with Gasteiger partial charge in [-0.25, -0.2) is 0 Å². The van der Waals surface area contributed by atoms with E-state index in [0.717, 1.165) is 12.8 Å².